The molecule has 2 heterocycles. The van der Waals surface area contributed by atoms with E-state index in [1.54, 1.807) is 20.4 Å². The fourth-order valence-electron chi connectivity index (χ4n) is 2.20. The van der Waals surface area contributed by atoms with Crippen LogP contribution in [0.2, 0.25) is 0 Å². The van der Waals surface area contributed by atoms with Gasteiger partial charge < -0.3 is 14.2 Å². The van der Waals surface area contributed by atoms with Crippen molar-refractivity contribution < 1.29 is 14.2 Å². The molecular weight excluding hydrogens is 362 g/mol. The lowest BCUT2D eigenvalue weighted by Gasteiger charge is -2.08. The summed E-state index contributed by atoms with van der Waals surface area (Å²) < 4.78 is 18.2. The molecule has 0 N–H and O–H groups in total. The van der Waals surface area contributed by atoms with Gasteiger partial charge in [0.2, 0.25) is 5.88 Å². The molecule has 0 aliphatic carbocycles. The second kappa shape index (κ2) is 6.97. The van der Waals surface area contributed by atoms with Crippen LogP contribution in [0.1, 0.15) is 5.56 Å². The van der Waals surface area contributed by atoms with Crippen LogP contribution in [0.25, 0.3) is 11.0 Å². The van der Waals surface area contributed by atoms with E-state index in [9.17, 15) is 0 Å². The van der Waals surface area contributed by atoms with Gasteiger partial charge >= 0.3 is 0 Å². The SMILES string of the molecule is COCOc1nc2c(cnn2Cc2ccc(OC)cc2)cc1Br. The second-order valence-corrected chi connectivity index (χ2v) is 5.74. The fraction of sp³-hybridized carbons (Fsp3) is 0.250. The highest BCUT2D eigenvalue weighted by Crippen LogP contribution is 2.27. The number of benzene rings is 1. The molecule has 0 aliphatic rings. The van der Waals surface area contributed by atoms with Crippen LogP contribution in [0, 0.1) is 0 Å². The zero-order chi connectivity index (χ0) is 16.2. The molecule has 0 amide bonds. The van der Waals surface area contributed by atoms with E-state index in [2.05, 4.69) is 26.0 Å². The first-order valence-electron chi connectivity index (χ1n) is 6.98. The lowest BCUT2D eigenvalue weighted by Crippen LogP contribution is -2.05. The highest BCUT2D eigenvalue weighted by atomic mass is 79.9. The van der Waals surface area contributed by atoms with Crippen molar-refractivity contribution in [2.45, 2.75) is 6.54 Å². The van der Waals surface area contributed by atoms with Crippen molar-refractivity contribution in [2.24, 2.45) is 0 Å². The molecule has 3 rings (SSSR count). The summed E-state index contributed by atoms with van der Waals surface area (Å²) >= 11 is 3.45. The summed E-state index contributed by atoms with van der Waals surface area (Å²) in [5.41, 5.74) is 1.87. The highest BCUT2D eigenvalue weighted by molar-refractivity contribution is 9.10. The lowest BCUT2D eigenvalue weighted by atomic mass is 10.2. The molecule has 0 radical (unpaired) electrons. The number of hydrogen-bond acceptors (Lipinski definition) is 5. The fourth-order valence-corrected chi connectivity index (χ4v) is 2.65. The van der Waals surface area contributed by atoms with Gasteiger partial charge in [0.05, 0.1) is 24.3 Å². The minimum absolute atomic E-state index is 0.143. The molecule has 0 spiro atoms. The normalized spacial score (nSPS) is 10.9. The monoisotopic (exact) mass is 377 g/mol. The van der Waals surface area contributed by atoms with E-state index in [1.807, 2.05) is 35.0 Å². The minimum atomic E-state index is 0.143. The van der Waals surface area contributed by atoms with Gasteiger partial charge in [0.15, 0.2) is 12.4 Å². The van der Waals surface area contributed by atoms with Crippen molar-refractivity contribution in [3.8, 4) is 11.6 Å². The Morgan fingerprint density at radius 2 is 1.96 bits per heavy atom. The lowest BCUT2D eigenvalue weighted by molar-refractivity contribution is 0.0474. The third-order valence-corrected chi connectivity index (χ3v) is 3.91. The number of methoxy groups -OCH3 is 2. The van der Waals surface area contributed by atoms with Crippen molar-refractivity contribution in [2.75, 3.05) is 21.0 Å². The van der Waals surface area contributed by atoms with Gasteiger partial charge in [0.1, 0.15) is 5.75 Å². The molecule has 0 saturated heterocycles. The van der Waals surface area contributed by atoms with E-state index in [4.69, 9.17) is 14.2 Å². The van der Waals surface area contributed by atoms with E-state index in [0.29, 0.717) is 12.4 Å². The Balaban J connectivity index is 1.90. The van der Waals surface area contributed by atoms with E-state index in [1.165, 1.54) is 0 Å². The molecule has 23 heavy (non-hydrogen) atoms. The molecule has 2 aromatic heterocycles. The van der Waals surface area contributed by atoms with Crippen molar-refractivity contribution >= 4 is 27.0 Å². The minimum Gasteiger partial charge on any atom is -0.497 e. The van der Waals surface area contributed by atoms with Gasteiger partial charge in [0, 0.05) is 12.5 Å². The maximum atomic E-state index is 5.46. The van der Waals surface area contributed by atoms with E-state index in [-0.39, 0.29) is 6.79 Å². The van der Waals surface area contributed by atoms with E-state index < -0.39 is 0 Å². The van der Waals surface area contributed by atoms with Crippen LogP contribution < -0.4 is 9.47 Å². The zero-order valence-electron chi connectivity index (χ0n) is 12.8. The van der Waals surface area contributed by atoms with E-state index in [0.717, 1.165) is 26.8 Å². The molecule has 0 fully saturated rings. The van der Waals surface area contributed by atoms with Crippen molar-refractivity contribution in [3.05, 3.63) is 46.6 Å². The summed E-state index contributed by atoms with van der Waals surface area (Å²) in [4.78, 5) is 4.53. The third-order valence-electron chi connectivity index (χ3n) is 3.34. The zero-order valence-corrected chi connectivity index (χ0v) is 14.4. The molecular formula is C16H16BrN3O3. The number of halogens is 1. The summed E-state index contributed by atoms with van der Waals surface area (Å²) in [7, 11) is 3.22. The summed E-state index contributed by atoms with van der Waals surface area (Å²) in [6.45, 7) is 0.759. The van der Waals surface area contributed by atoms with Crippen LogP contribution in [-0.2, 0) is 11.3 Å². The number of aromatic nitrogens is 3. The van der Waals surface area contributed by atoms with Gasteiger partial charge in [-0.05, 0) is 39.7 Å². The molecule has 0 bridgehead atoms. The largest absolute Gasteiger partial charge is 0.497 e. The van der Waals surface area contributed by atoms with Crippen LogP contribution in [0.3, 0.4) is 0 Å². The van der Waals surface area contributed by atoms with Crippen molar-refractivity contribution in [1.82, 2.24) is 14.8 Å². The maximum absolute atomic E-state index is 5.46. The number of rotatable bonds is 6. The smallest absolute Gasteiger partial charge is 0.232 e. The van der Waals surface area contributed by atoms with Crippen LogP contribution in [-0.4, -0.2) is 35.8 Å². The average Bonchev–Trinajstić information content (AvgIpc) is 2.95. The summed E-state index contributed by atoms with van der Waals surface area (Å²) in [6.07, 6.45) is 1.79. The Morgan fingerprint density at radius 1 is 1.17 bits per heavy atom. The third kappa shape index (κ3) is 3.46. The Morgan fingerprint density at radius 3 is 2.65 bits per heavy atom. The topological polar surface area (TPSA) is 58.4 Å². The van der Waals surface area contributed by atoms with E-state index >= 15 is 0 Å². The first-order valence-corrected chi connectivity index (χ1v) is 7.77. The van der Waals surface area contributed by atoms with Crippen LogP contribution in [0.4, 0.5) is 0 Å². The van der Waals surface area contributed by atoms with Crippen LogP contribution in [0.5, 0.6) is 11.6 Å². The molecule has 6 nitrogen and oxygen atoms in total. The molecule has 7 heteroatoms. The quantitative estimate of drug-likeness (QED) is 0.617. The molecule has 0 atom stereocenters. The number of fused-ring (bicyclic) bond motifs is 1. The average molecular weight is 378 g/mol. The van der Waals surface area contributed by atoms with Crippen molar-refractivity contribution in [3.63, 3.8) is 0 Å². The Hall–Kier alpha value is -2.12. The van der Waals surface area contributed by atoms with Gasteiger partial charge in [-0.3, -0.25) is 0 Å². The Kier molecular flexibility index (Phi) is 4.78. The van der Waals surface area contributed by atoms with Crippen LogP contribution in [0.15, 0.2) is 41.0 Å². The summed E-state index contributed by atoms with van der Waals surface area (Å²) in [5.74, 6) is 1.31. The maximum Gasteiger partial charge on any atom is 0.232 e. The van der Waals surface area contributed by atoms with Crippen LogP contribution >= 0.6 is 15.9 Å². The summed E-state index contributed by atoms with van der Waals surface area (Å²) in [6, 6.07) is 9.81. The molecule has 120 valence electrons. The van der Waals surface area contributed by atoms with Gasteiger partial charge in [-0.2, -0.15) is 10.1 Å². The first kappa shape index (κ1) is 15.8. The molecule has 0 saturated carbocycles. The standard InChI is InChI=1S/C16H16BrN3O3/c1-21-10-23-16-14(17)7-12-8-18-20(15(12)19-16)9-11-3-5-13(22-2)6-4-11/h3-8H,9-10H2,1-2H3. The molecule has 0 aliphatic heterocycles. The Labute approximate surface area is 142 Å². The first-order chi connectivity index (χ1) is 11.2. The Bertz CT molecular complexity index is 802. The molecule has 0 unspecified atom stereocenters. The predicted octanol–water partition coefficient (Wildman–Crippen LogP) is 3.23. The van der Waals surface area contributed by atoms with Gasteiger partial charge in [-0.25, -0.2) is 4.68 Å². The van der Waals surface area contributed by atoms with Gasteiger partial charge in [0.25, 0.3) is 0 Å². The molecule has 3 aromatic rings. The molecule has 1 aromatic carbocycles. The predicted molar refractivity (Wildman–Crippen MR) is 89.8 cm³/mol. The van der Waals surface area contributed by atoms with Crippen molar-refractivity contribution in [1.29, 1.82) is 0 Å². The second-order valence-electron chi connectivity index (χ2n) is 4.89. The highest BCUT2D eigenvalue weighted by Gasteiger charge is 2.11. The number of pyridine rings is 1. The van der Waals surface area contributed by atoms with Gasteiger partial charge in [-0.15, -0.1) is 0 Å². The number of ether oxygens (including phenoxy) is 3. The van der Waals surface area contributed by atoms with Gasteiger partial charge in [-0.1, -0.05) is 12.1 Å². The summed E-state index contributed by atoms with van der Waals surface area (Å²) in [5, 5.41) is 5.35. The number of nitrogens with zero attached hydrogens (tertiary/aromatic N) is 3. The number of hydrogen-bond donors (Lipinski definition) is 0.